The number of nitrogens with zero attached hydrogens (tertiary/aromatic N) is 1. The number of hydrogen-bond donors (Lipinski definition) is 1. The van der Waals surface area contributed by atoms with E-state index in [0.29, 0.717) is 5.92 Å². The van der Waals surface area contributed by atoms with Crippen LogP contribution >= 0.6 is 11.8 Å². The summed E-state index contributed by atoms with van der Waals surface area (Å²) in [5, 5.41) is 0. The summed E-state index contributed by atoms with van der Waals surface area (Å²) in [7, 11) is 0. The van der Waals surface area contributed by atoms with E-state index in [1.165, 1.54) is 0 Å². The summed E-state index contributed by atoms with van der Waals surface area (Å²) in [6.45, 7) is 7.98. The molecule has 16 heavy (non-hydrogen) atoms. The van der Waals surface area contributed by atoms with Crippen LogP contribution in [0.5, 0.6) is 0 Å². The van der Waals surface area contributed by atoms with Crippen molar-refractivity contribution in [3.05, 3.63) is 0 Å². The van der Waals surface area contributed by atoms with Crippen molar-refractivity contribution in [2.75, 3.05) is 18.8 Å². The van der Waals surface area contributed by atoms with Crippen molar-refractivity contribution in [1.82, 2.24) is 4.90 Å². The molecule has 1 unspecified atom stereocenters. The topological polar surface area (TPSA) is 46.3 Å². The molecular weight excluding hydrogens is 220 g/mol. The zero-order valence-electron chi connectivity index (χ0n) is 10.5. The highest BCUT2D eigenvalue weighted by Gasteiger charge is 2.47. The maximum Gasteiger partial charge on any atom is 0.242 e. The second kappa shape index (κ2) is 3.91. The van der Waals surface area contributed by atoms with E-state index in [1.807, 2.05) is 23.6 Å². The van der Waals surface area contributed by atoms with Gasteiger partial charge in [-0.3, -0.25) is 4.79 Å². The number of thioether (sulfide) groups is 1. The third-order valence-electron chi connectivity index (χ3n) is 3.60. The summed E-state index contributed by atoms with van der Waals surface area (Å²) >= 11 is 1.94. The molecule has 92 valence electrons. The van der Waals surface area contributed by atoms with Crippen molar-refractivity contribution in [2.24, 2.45) is 11.7 Å². The summed E-state index contributed by atoms with van der Waals surface area (Å²) in [6, 6.07) is 0. The number of nitrogens with two attached hydrogens (primary N) is 1. The molecule has 0 bridgehead atoms. The molecule has 3 nitrogen and oxygen atoms in total. The van der Waals surface area contributed by atoms with E-state index in [-0.39, 0.29) is 10.7 Å². The molecule has 2 aliphatic rings. The van der Waals surface area contributed by atoms with Crippen LogP contribution in [-0.2, 0) is 4.79 Å². The Balaban J connectivity index is 2.04. The van der Waals surface area contributed by atoms with Crippen molar-refractivity contribution >= 4 is 17.7 Å². The van der Waals surface area contributed by atoms with Crippen LogP contribution in [0.1, 0.15) is 33.6 Å². The number of carbonyl (C=O) groups is 1. The average molecular weight is 242 g/mol. The second-order valence-electron chi connectivity index (χ2n) is 5.89. The molecule has 2 fully saturated rings. The molecule has 0 radical (unpaired) electrons. The van der Waals surface area contributed by atoms with Crippen molar-refractivity contribution in [3.63, 3.8) is 0 Å². The van der Waals surface area contributed by atoms with Crippen molar-refractivity contribution in [3.8, 4) is 0 Å². The monoisotopic (exact) mass is 242 g/mol. The van der Waals surface area contributed by atoms with E-state index in [2.05, 4.69) is 13.8 Å². The minimum atomic E-state index is -0.627. The van der Waals surface area contributed by atoms with Crippen LogP contribution < -0.4 is 5.73 Å². The number of rotatable bonds is 2. The van der Waals surface area contributed by atoms with E-state index < -0.39 is 5.54 Å². The second-order valence-corrected chi connectivity index (χ2v) is 7.69. The van der Waals surface area contributed by atoms with E-state index in [1.54, 1.807) is 0 Å². The fourth-order valence-electron chi connectivity index (χ4n) is 2.39. The Kier molecular flexibility index (Phi) is 2.99. The molecule has 4 heteroatoms. The van der Waals surface area contributed by atoms with Gasteiger partial charge in [0.25, 0.3) is 0 Å². The Labute approximate surface area is 102 Å². The maximum absolute atomic E-state index is 12.4. The molecule has 1 saturated heterocycles. The molecule has 0 aromatic heterocycles. The van der Waals surface area contributed by atoms with Gasteiger partial charge in [0.2, 0.25) is 5.91 Å². The van der Waals surface area contributed by atoms with Crippen LogP contribution in [0, 0.1) is 5.92 Å². The standard InChI is InChI=1S/C12H22N2OS/c1-11(2)8-14(6-7-16-11)10(15)12(3,13)9-4-5-9/h9H,4-8,13H2,1-3H3. The van der Waals surface area contributed by atoms with Gasteiger partial charge in [0.15, 0.2) is 0 Å². The Morgan fingerprint density at radius 2 is 2.12 bits per heavy atom. The molecular formula is C12H22N2OS. The lowest BCUT2D eigenvalue weighted by molar-refractivity contribution is -0.137. The lowest BCUT2D eigenvalue weighted by Crippen LogP contribution is -2.58. The number of carbonyl (C=O) groups excluding carboxylic acids is 1. The van der Waals surface area contributed by atoms with Crippen LogP contribution in [0.25, 0.3) is 0 Å². The van der Waals surface area contributed by atoms with Gasteiger partial charge in [-0.15, -0.1) is 0 Å². The van der Waals surface area contributed by atoms with Crippen molar-refractivity contribution in [2.45, 2.75) is 43.9 Å². The highest BCUT2D eigenvalue weighted by atomic mass is 32.2. The number of amides is 1. The zero-order chi connectivity index (χ0) is 12.0. The predicted molar refractivity (Wildman–Crippen MR) is 68.4 cm³/mol. The van der Waals surface area contributed by atoms with Crippen LogP contribution in [0.15, 0.2) is 0 Å². The van der Waals surface area contributed by atoms with Gasteiger partial charge in [-0.05, 0) is 39.5 Å². The molecule has 0 aromatic rings. The highest BCUT2D eigenvalue weighted by Crippen LogP contribution is 2.40. The van der Waals surface area contributed by atoms with Gasteiger partial charge in [-0.2, -0.15) is 11.8 Å². The Morgan fingerprint density at radius 1 is 1.50 bits per heavy atom. The van der Waals surface area contributed by atoms with E-state index in [9.17, 15) is 4.79 Å². The Bertz CT molecular complexity index is 297. The molecule has 1 atom stereocenters. The normalized spacial score (nSPS) is 28.6. The lowest BCUT2D eigenvalue weighted by Gasteiger charge is -2.41. The van der Waals surface area contributed by atoms with Crippen LogP contribution in [0.4, 0.5) is 0 Å². The van der Waals surface area contributed by atoms with Crippen LogP contribution in [-0.4, -0.2) is 39.9 Å². The van der Waals surface area contributed by atoms with Gasteiger partial charge in [0.05, 0.1) is 5.54 Å². The molecule has 0 spiro atoms. The SMILES string of the molecule is CC1(C)CN(C(=O)C(C)(N)C2CC2)CCS1. The zero-order valence-corrected chi connectivity index (χ0v) is 11.3. The fourth-order valence-corrected chi connectivity index (χ4v) is 3.50. The molecule has 1 aliphatic carbocycles. The first kappa shape index (κ1) is 12.2. The third kappa shape index (κ3) is 2.38. The van der Waals surface area contributed by atoms with Crippen molar-refractivity contribution in [1.29, 1.82) is 0 Å². The molecule has 1 saturated carbocycles. The molecule has 1 amide bonds. The Hall–Kier alpha value is -0.220. The summed E-state index contributed by atoms with van der Waals surface area (Å²) in [4.78, 5) is 14.3. The van der Waals surface area contributed by atoms with Gasteiger partial charge in [-0.1, -0.05) is 0 Å². The highest BCUT2D eigenvalue weighted by molar-refractivity contribution is 8.00. The van der Waals surface area contributed by atoms with E-state index in [0.717, 1.165) is 31.7 Å². The third-order valence-corrected chi connectivity index (χ3v) is 4.90. The predicted octanol–water partition coefficient (Wildman–Crippen LogP) is 1.47. The first-order valence-corrected chi connectivity index (χ1v) is 7.04. The fraction of sp³-hybridized carbons (Fsp3) is 0.917. The smallest absolute Gasteiger partial charge is 0.242 e. The maximum atomic E-state index is 12.4. The van der Waals surface area contributed by atoms with Gasteiger partial charge in [0, 0.05) is 23.6 Å². The summed E-state index contributed by atoms with van der Waals surface area (Å²) < 4.78 is 0.174. The Morgan fingerprint density at radius 3 is 2.62 bits per heavy atom. The minimum absolute atomic E-state index is 0.156. The first-order chi connectivity index (χ1) is 7.33. The molecule has 1 heterocycles. The van der Waals surface area contributed by atoms with Crippen molar-refractivity contribution < 1.29 is 4.79 Å². The first-order valence-electron chi connectivity index (χ1n) is 6.05. The molecule has 2 N–H and O–H groups in total. The number of hydrogen-bond acceptors (Lipinski definition) is 3. The van der Waals surface area contributed by atoms with Gasteiger partial charge in [-0.25, -0.2) is 0 Å². The average Bonchev–Trinajstić information content (AvgIpc) is 2.98. The van der Waals surface area contributed by atoms with E-state index >= 15 is 0 Å². The van der Waals surface area contributed by atoms with Crippen LogP contribution in [0.2, 0.25) is 0 Å². The quantitative estimate of drug-likeness (QED) is 0.797. The van der Waals surface area contributed by atoms with Gasteiger partial charge < -0.3 is 10.6 Å². The minimum Gasteiger partial charge on any atom is -0.339 e. The summed E-state index contributed by atoms with van der Waals surface area (Å²) in [5.74, 6) is 1.60. The molecule has 0 aromatic carbocycles. The molecule has 2 rings (SSSR count). The largest absolute Gasteiger partial charge is 0.339 e. The lowest BCUT2D eigenvalue weighted by atomic mass is 9.95. The van der Waals surface area contributed by atoms with Crippen LogP contribution in [0.3, 0.4) is 0 Å². The summed E-state index contributed by atoms with van der Waals surface area (Å²) in [6.07, 6.45) is 2.23. The van der Waals surface area contributed by atoms with E-state index in [4.69, 9.17) is 5.73 Å². The van der Waals surface area contributed by atoms with Gasteiger partial charge >= 0.3 is 0 Å². The van der Waals surface area contributed by atoms with Gasteiger partial charge in [0.1, 0.15) is 0 Å². The molecule has 1 aliphatic heterocycles. The summed E-state index contributed by atoms with van der Waals surface area (Å²) in [5.41, 5.74) is 5.56.